The molecule has 1 aromatic heterocycles. The molecule has 0 bridgehead atoms. The Morgan fingerprint density at radius 3 is 2.71 bits per heavy atom. The van der Waals surface area contributed by atoms with Crippen molar-refractivity contribution in [1.82, 2.24) is 9.97 Å². The second-order valence-corrected chi connectivity index (χ2v) is 4.47. The lowest BCUT2D eigenvalue weighted by molar-refractivity contribution is 0.254. The molecule has 1 fully saturated rings. The fourth-order valence-corrected chi connectivity index (χ4v) is 2.23. The quantitative estimate of drug-likeness (QED) is 0.807. The highest BCUT2D eigenvalue weighted by atomic mass is 16.3. The van der Waals surface area contributed by atoms with Crippen molar-refractivity contribution < 1.29 is 5.11 Å². The molecule has 1 aliphatic rings. The van der Waals surface area contributed by atoms with Crippen LogP contribution >= 0.6 is 0 Å². The molecule has 1 atom stereocenters. The van der Waals surface area contributed by atoms with Gasteiger partial charge in [0.1, 0.15) is 0 Å². The van der Waals surface area contributed by atoms with Crippen molar-refractivity contribution in [2.45, 2.75) is 38.3 Å². The van der Waals surface area contributed by atoms with Crippen molar-refractivity contribution in [2.75, 3.05) is 18.1 Å². The van der Waals surface area contributed by atoms with Gasteiger partial charge in [-0.1, -0.05) is 12.8 Å². The number of nitrogens with zero attached hydrogens (tertiary/aromatic N) is 3. The summed E-state index contributed by atoms with van der Waals surface area (Å²) in [5.74, 6) is 0.711. The number of aliphatic hydroxyl groups is 1. The maximum atomic E-state index is 9.43. The summed E-state index contributed by atoms with van der Waals surface area (Å²) in [6, 6.07) is 0.154. The molecule has 1 saturated heterocycles. The van der Waals surface area contributed by atoms with Gasteiger partial charge in [0.05, 0.1) is 12.6 Å². The van der Waals surface area contributed by atoms with Gasteiger partial charge in [-0.05, 0) is 12.8 Å². The summed E-state index contributed by atoms with van der Waals surface area (Å²) in [5.41, 5.74) is 6.46. The SMILES string of the molecule is NCc1cnc(N2CCCCCC2CO)nc1. The topological polar surface area (TPSA) is 75.3 Å². The smallest absolute Gasteiger partial charge is 0.225 e. The Hall–Kier alpha value is -1.20. The minimum Gasteiger partial charge on any atom is -0.394 e. The van der Waals surface area contributed by atoms with Crippen LogP contribution in [0, 0.1) is 0 Å². The molecule has 2 rings (SSSR count). The Labute approximate surface area is 102 Å². The normalized spacial score (nSPS) is 21.3. The average molecular weight is 236 g/mol. The lowest BCUT2D eigenvalue weighted by Gasteiger charge is -2.28. The molecule has 1 unspecified atom stereocenters. The lowest BCUT2D eigenvalue weighted by Crippen LogP contribution is -2.38. The number of hydrogen-bond donors (Lipinski definition) is 2. The van der Waals surface area contributed by atoms with Crippen molar-refractivity contribution in [1.29, 1.82) is 0 Å². The highest BCUT2D eigenvalue weighted by Gasteiger charge is 2.22. The number of rotatable bonds is 3. The van der Waals surface area contributed by atoms with Crippen LogP contribution in [-0.2, 0) is 6.54 Å². The van der Waals surface area contributed by atoms with Gasteiger partial charge in [-0.3, -0.25) is 0 Å². The average Bonchev–Trinajstić information content (AvgIpc) is 2.64. The van der Waals surface area contributed by atoms with Crippen LogP contribution in [0.4, 0.5) is 5.95 Å². The molecule has 0 aromatic carbocycles. The zero-order valence-electron chi connectivity index (χ0n) is 10.0. The van der Waals surface area contributed by atoms with Gasteiger partial charge in [0, 0.05) is 31.0 Å². The van der Waals surface area contributed by atoms with Crippen LogP contribution in [0.15, 0.2) is 12.4 Å². The van der Waals surface area contributed by atoms with E-state index in [-0.39, 0.29) is 12.6 Å². The second-order valence-electron chi connectivity index (χ2n) is 4.47. The van der Waals surface area contributed by atoms with E-state index in [1.807, 2.05) is 0 Å². The molecule has 17 heavy (non-hydrogen) atoms. The van der Waals surface area contributed by atoms with E-state index in [2.05, 4.69) is 14.9 Å². The second kappa shape index (κ2) is 5.93. The lowest BCUT2D eigenvalue weighted by atomic mass is 10.1. The molecule has 0 saturated carbocycles. The minimum atomic E-state index is 0.154. The first kappa shape index (κ1) is 12.3. The molecule has 1 aromatic rings. The molecule has 0 radical (unpaired) electrons. The molecule has 94 valence electrons. The number of nitrogens with two attached hydrogens (primary N) is 1. The molecule has 0 spiro atoms. The van der Waals surface area contributed by atoms with Crippen LogP contribution in [0.3, 0.4) is 0 Å². The molecule has 3 N–H and O–H groups in total. The predicted octanol–water partition coefficient (Wildman–Crippen LogP) is 0.677. The van der Waals surface area contributed by atoms with Crippen LogP contribution in [0.5, 0.6) is 0 Å². The van der Waals surface area contributed by atoms with Crippen molar-refractivity contribution in [3.05, 3.63) is 18.0 Å². The van der Waals surface area contributed by atoms with E-state index in [0.717, 1.165) is 24.9 Å². The molecular formula is C12H20N4O. The maximum Gasteiger partial charge on any atom is 0.225 e. The highest BCUT2D eigenvalue weighted by molar-refractivity contribution is 5.32. The Morgan fingerprint density at radius 1 is 1.29 bits per heavy atom. The maximum absolute atomic E-state index is 9.43. The van der Waals surface area contributed by atoms with Crippen LogP contribution in [0.25, 0.3) is 0 Å². The summed E-state index contributed by atoms with van der Waals surface area (Å²) in [5, 5.41) is 9.43. The largest absolute Gasteiger partial charge is 0.394 e. The Morgan fingerprint density at radius 2 is 2.06 bits per heavy atom. The van der Waals surface area contributed by atoms with Crippen LogP contribution in [0.2, 0.25) is 0 Å². The number of anilines is 1. The standard InChI is InChI=1S/C12H20N4O/c13-6-10-7-14-12(15-8-10)16-5-3-1-2-4-11(16)9-17/h7-8,11,17H,1-6,9,13H2. The third-order valence-corrected chi connectivity index (χ3v) is 3.27. The zero-order chi connectivity index (χ0) is 12.1. The zero-order valence-corrected chi connectivity index (χ0v) is 10.0. The number of aliphatic hydroxyl groups excluding tert-OH is 1. The Bertz CT molecular complexity index is 341. The molecule has 5 heteroatoms. The van der Waals surface area contributed by atoms with Gasteiger partial charge >= 0.3 is 0 Å². The fourth-order valence-electron chi connectivity index (χ4n) is 2.23. The monoisotopic (exact) mass is 236 g/mol. The Kier molecular flexibility index (Phi) is 4.28. The molecule has 2 heterocycles. The van der Waals surface area contributed by atoms with Crippen molar-refractivity contribution in [3.8, 4) is 0 Å². The van der Waals surface area contributed by atoms with E-state index < -0.39 is 0 Å². The predicted molar refractivity (Wildman–Crippen MR) is 66.6 cm³/mol. The summed E-state index contributed by atoms with van der Waals surface area (Å²) in [7, 11) is 0. The van der Waals surface area contributed by atoms with Gasteiger partial charge in [-0.2, -0.15) is 0 Å². The van der Waals surface area contributed by atoms with Gasteiger partial charge in [0.25, 0.3) is 0 Å². The summed E-state index contributed by atoms with van der Waals surface area (Å²) in [6.45, 7) is 1.55. The molecule has 5 nitrogen and oxygen atoms in total. The summed E-state index contributed by atoms with van der Waals surface area (Å²) in [6.07, 6.45) is 8.07. The van der Waals surface area contributed by atoms with Gasteiger partial charge in [-0.25, -0.2) is 9.97 Å². The van der Waals surface area contributed by atoms with E-state index in [0.29, 0.717) is 12.5 Å². The van der Waals surface area contributed by atoms with E-state index in [1.54, 1.807) is 12.4 Å². The highest BCUT2D eigenvalue weighted by Crippen LogP contribution is 2.20. The van der Waals surface area contributed by atoms with E-state index in [9.17, 15) is 5.11 Å². The van der Waals surface area contributed by atoms with Gasteiger partial charge in [0.15, 0.2) is 0 Å². The van der Waals surface area contributed by atoms with Crippen molar-refractivity contribution >= 4 is 5.95 Å². The fraction of sp³-hybridized carbons (Fsp3) is 0.667. The van der Waals surface area contributed by atoms with Crippen molar-refractivity contribution in [2.24, 2.45) is 5.73 Å². The number of hydrogen-bond acceptors (Lipinski definition) is 5. The summed E-state index contributed by atoms with van der Waals surface area (Å²) >= 11 is 0. The summed E-state index contributed by atoms with van der Waals surface area (Å²) < 4.78 is 0. The van der Waals surface area contributed by atoms with Crippen LogP contribution in [-0.4, -0.2) is 34.3 Å². The van der Waals surface area contributed by atoms with E-state index >= 15 is 0 Å². The van der Waals surface area contributed by atoms with Gasteiger partial charge in [-0.15, -0.1) is 0 Å². The first-order valence-electron chi connectivity index (χ1n) is 6.23. The third-order valence-electron chi connectivity index (χ3n) is 3.27. The van der Waals surface area contributed by atoms with Gasteiger partial charge < -0.3 is 15.7 Å². The summed E-state index contributed by atoms with van der Waals surface area (Å²) in [4.78, 5) is 10.8. The minimum absolute atomic E-state index is 0.154. The molecule has 0 aliphatic carbocycles. The molecule has 1 aliphatic heterocycles. The first-order valence-corrected chi connectivity index (χ1v) is 6.23. The molecular weight excluding hydrogens is 216 g/mol. The molecule has 0 amide bonds. The van der Waals surface area contributed by atoms with Crippen LogP contribution in [0.1, 0.15) is 31.2 Å². The van der Waals surface area contributed by atoms with Gasteiger partial charge in [0.2, 0.25) is 5.95 Å². The van der Waals surface area contributed by atoms with E-state index in [4.69, 9.17) is 5.73 Å². The first-order chi connectivity index (χ1) is 8.35. The van der Waals surface area contributed by atoms with Crippen molar-refractivity contribution in [3.63, 3.8) is 0 Å². The van der Waals surface area contributed by atoms with E-state index in [1.165, 1.54) is 12.8 Å². The number of aromatic nitrogens is 2. The third kappa shape index (κ3) is 2.92. The van der Waals surface area contributed by atoms with Crippen LogP contribution < -0.4 is 10.6 Å². The Balaban J connectivity index is 2.16.